The zero-order valence-corrected chi connectivity index (χ0v) is 21.8. The van der Waals surface area contributed by atoms with Crippen molar-refractivity contribution < 1.29 is 9.53 Å². The van der Waals surface area contributed by atoms with Crippen LogP contribution in [-0.4, -0.2) is 21.2 Å². The predicted molar refractivity (Wildman–Crippen MR) is 141 cm³/mol. The average Bonchev–Trinajstić information content (AvgIpc) is 3.37. The first-order valence-corrected chi connectivity index (χ1v) is 12.1. The fourth-order valence-corrected chi connectivity index (χ4v) is 4.93. The average molecular weight is 582 g/mol. The molecule has 34 heavy (non-hydrogen) atoms. The van der Waals surface area contributed by atoms with Crippen LogP contribution in [0, 0.1) is 6.92 Å². The van der Waals surface area contributed by atoms with E-state index in [4.69, 9.17) is 4.74 Å². The lowest BCUT2D eigenvalue weighted by Gasteiger charge is -2.11. The van der Waals surface area contributed by atoms with Gasteiger partial charge >= 0.3 is 0 Å². The van der Waals surface area contributed by atoms with Gasteiger partial charge in [-0.1, -0.05) is 24.3 Å². The summed E-state index contributed by atoms with van der Waals surface area (Å²) >= 11 is 7.07. The van der Waals surface area contributed by atoms with Gasteiger partial charge < -0.3 is 9.30 Å². The molecule has 0 aliphatic carbocycles. The Morgan fingerprint density at radius 1 is 1.03 bits per heavy atom. The molecule has 0 saturated carbocycles. The number of imidazole rings is 1. The fourth-order valence-electron chi connectivity index (χ4n) is 3.28. The van der Waals surface area contributed by atoms with Crippen molar-refractivity contribution in [3.05, 3.63) is 111 Å². The number of hydrazone groups is 1. The molecule has 6 nitrogen and oxygen atoms in total. The zero-order chi connectivity index (χ0) is 24.1. The number of halogens is 2. The minimum absolute atomic E-state index is 0.272. The van der Waals surface area contributed by atoms with Gasteiger partial charge in [0.25, 0.3) is 5.91 Å². The van der Waals surface area contributed by atoms with Crippen molar-refractivity contribution in [3.63, 3.8) is 0 Å². The van der Waals surface area contributed by atoms with E-state index in [1.54, 1.807) is 24.7 Å². The summed E-state index contributed by atoms with van der Waals surface area (Å²) < 4.78 is 9.65. The molecule has 4 aromatic rings. The highest BCUT2D eigenvalue weighted by atomic mass is 79.9. The molecule has 1 amide bonds. The summed E-state index contributed by atoms with van der Waals surface area (Å²) in [4.78, 5) is 16.6. The summed E-state index contributed by atoms with van der Waals surface area (Å²) in [6, 6.07) is 19.1. The van der Waals surface area contributed by atoms with Crippen LogP contribution in [0.4, 0.5) is 0 Å². The molecular weight excluding hydrogens is 560 g/mol. The van der Waals surface area contributed by atoms with E-state index in [0.29, 0.717) is 17.9 Å². The lowest BCUT2D eigenvalue weighted by Crippen LogP contribution is -2.19. The standard InChI is InChI=1S/C26H22Br2N4O2/c1-17-13-23(27)25(24(28)14-17)34-15-19-3-5-21(6-4-19)26(33)31-30-18(2)20-7-9-22(10-8-20)32-12-11-29-16-32/h3-14,16H,15H2,1-2H3,(H,31,33)/b30-18-. The van der Waals surface area contributed by atoms with Crippen LogP contribution in [0.5, 0.6) is 5.75 Å². The van der Waals surface area contributed by atoms with Crippen LogP contribution in [0.1, 0.15) is 34.0 Å². The van der Waals surface area contributed by atoms with Crippen LogP contribution in [0.2, 0.25) is 0 Å². The van der Waals surface area contributed by atoms with Gasteiger partial charge in [0.1, 0.15) is 12.4 Å². The molecule has 0 atom stereocenters. The van der Waals surface area contributed by atoms with Crippen LogP contribution < -0.4 is 10.2 Å². The number of carbonyl (C=O) groups is 1. The predicted octanol–water partition coefficient (Wildman–Crippen LogP) is 6.44. The van der Waals surface area contributed by atoms with Crippen LogP contribution in [-0.2, 0) is 6.61 Å². The Hall–Kier alpha value is -3.23. The molecule has 1 heterocycles. The number of rotatable bonds is 7. The van der Waals surface area contributed by atoms with Crippen molar-refractivity contribution in [1.82, 2.24) is 15.0 Å². The topological polar surface area (TPSA) is 68.5 Å². The van der Waals surface area contributed by atoms with Gasteiger partial charge in [0, 0.05) is 23.6 Å². The van der Waals surface area contributed by atoms with Crippen molar-refractivity contribution in [2.75, 3.05) is 0 Å². The molecule has 0 unspecified atom stereocenters. The number of aromatic nitrogens is 2. The van der Waals surface area contributed by atoms with Gasteiger partial charge in [-0.05, 0) is 98.8 Å². The molecule has 0 bridgehead atoms. The third-order valence-corrected chi connectivity index (χ3v) is 6.33. The van der Waals surface area contributed by atoms with E-state index < -0.39 is 0 Å². The van der Waals surface area contributed by atoms with Crippen LogP contribution >= 0.6 is 31.9 Å². The molecule has 0 fully saturated rings. The molecule has 0 radical (unpaired) electrons. The van der Waals surface area contributed by atoms with Gasteiger partial charge in [-0.15, -0.1) is 0 Å². The van der Waals surface area contributed by atoms with E-state index in [1.165, 1.54) is 0 Å². The molecule has 1 N–H and O–H groups in total. The second-order valence-corrected chi connectivity index (χ2v) is 9.41. The van der Waals surface area contributed by atoms with Gasteiger partial charge in [0.2, 0.25) is 0 Å². The van der Waals surface area contributed by atoms with Gasteiger partial charge in [-0.2, -0.15) is 5.10 Å². The minimum Gasteiger partial charge on any atom is -0.487 e. The quantitative estimate of drug-likeness (QED) is 0.202. The van der Waals surface area contributed by atoms with E-state index in [1.807, 2.05) is 73.1 Å². The van der Waals surface area contributed by atoms with E-state index >= 15 is 0 Å². The lowest BCUT2D eigenvalue weighted by atomic mass is 10.1. The number of ether oxygens (including phenoxy) is 1. The van der Waals surface area contributed by atoms with Gasteiger partial charge in [-0.3, -0.25) is 4.79 Å². The summed E-state index contributed by atoms with van der Waals surface area (Å²) in [5, 5.41) is 4.25. The molecule has 0 spiro atoms. The van der Waals surface area contributed by atoms with Gasteiger partial charge in [0.15, 0.2) is 0 Å². The number of amides is 1. The van der Waals surface area contributed by atoms with Crippen LogP contribution in [0.15, 0.2) is 93.4 Å². The van der Waals surface area contributed by atoms with Gasteiger partial charge in [0.05, 0.1) is 21.0 Å². The Labute approximate surface area is 214 Å². The van der Waals surface area contributed by atoms with E-state index in [0.717, 1.165) is 37.1 Å². The summed E-state index contributed by atoms with van der Waals surface area (Å²) in [7, 11) is 0. The third kappa shape index (κ3) is 5.81. The Morgan fingerprint density at radius 2 is 1.68 bits per heavy atom. The number of nitrogens with zero attached hydrogens (tertiary/aromatic N) is 3. The van der Waals surface area contributed by atoms with Crippen LogP contribution in [0.3, 0.4) is 0 Å². The number of aryl methyl sites for hydroxylation is 1. The summed E-state index contributed by atoms with van der Waals surface area (Å²) in [5.74, 6) is 0.473. The number of nitrogens with one attached hydrogen (secondary N) is 1. The molecule has 0 aliphatic heterocycles. The highest BCUT2D eigenvalue weighted by Gasteiger charge is 2.09. The molecule has 0 aliphatic rings. The van der Waals surface area contributed by atoms with Crippen LogP contribution in [0.25, 0.3) is 5.69 Å². The fraction of sp³-hybridized carbons (Fsp3) is 0.115. The second-order valence-electron chi connectivity index (χ2n) is 7.70. The highest BCUT2D eigenvalue weighted by Crippen LogP contribution is 2.35. The van der Waals surface area contributed by atoms with E-state index in [2.05, 4.69) is 47.4 Å². The zero-order valence-electron chi connectivity index (χ0n) is 18.6. The SMILES string of the molecule is C/C(=N/NC(=O)c1ccc(COc2c(Br)cc(C)cc2Br)cc1)c1ccc(-n2ccnc2)cc1. The molecule has 172 valence electrons. The minimum atomic E-state index is -0.272. The van der Waals surface area contributed by atoms with Crippen molar-refractivity contribution in [1.29, 1.82) is 0 Å². The maximum Gasteiger partial charge on any atom is 0.271 e. The first-order chi connectivity index (χ1) is 16.4. The Balaban J connectivity index is 1.35. The maximum absolute atomic E-state index is 12.5. The summed E-state index contributed by atoms with van der Waals surface area (Å²) in [6.45, 7) is 4.26. The second kappa shape index (κ2) is 10.8. The summed E-state index contributed by atoms with van der Waals surface area (Å²) in [5.41, 5.74) is 7.87. The molecule has 8 heteroatoms. The monoisotopic (exact) mass is 580 g/mol. The number of benzene rings is 3. The summed E-state index contributed by atoms with van der Waals surface area (Å²) in [6.07, 6.45) is 5.36. The third-order valence-electron chi connectivity index (χ3n) is 5.15. The normalized spacial score (nSPS) is 11.4. The smallest absolute Gasteiger partial charge is 0.271 e. The largest absolute Gasteiger partial charge is 0.487 e. The maximum atomic E-state index is 12.5. The Morgan fingerprint density at radius 3 is 2.29 bits per heavy atom. The van der Waals surface area contributed by atoms with Crippen molar-refractivity contribution >= 4 is 43.5 Å². The van der Waals surface area contributed by atoms with Crippen molar-refractivity contribution in [2.24, 2.45) is 5.10 Å². The molecule has 4 rings (SSSR count). The number of carbonyl (C=O) groups excluding carboxylic acids is 1. The van der Waals surface area contributed by atoms with E-state index in [-0.39, 0.29) is 5.91 Å². The number of hydrogen-bond donors (Lipinski definition) is 1. The number of hydrogen-bond acceptors (Lipinski definition) is 4. The first-order valence-electron chi connectivity index (χ1n) is 10.5. The molecule has 1 aromatic heterocycles. The highest BCUT2D eigenvalue weighted by molar-refractivity contribution is 9.11. The first kappa shape index (κ1) is 23.9. The Bertz CT molecular complexity index is 1290. The molecule has 0 saturated heterocycles. The van der Waals surface area contributed by atoms with Gasteiger partial charge in [-0.25, -0.2) is 10.4 Å². The molecular formula is C26H22Br2N4O2. The van der Waals surface area contributed by atoms with Crippen molar-refractivity contribution in [3.8, 4) is 11.4 Å². The Kier molecular flexibility index (Phi) is 7.59. The lowest BCUT2D eigenvalue weighted by molar-refractivity contribution is 0.0955. The molecule has 3 aromatic carbocycles. The van der Waals surface area contributed by atoms with Crippen molar-refractivity contribution in [2.45, 2.75) is 20.5 Å². The van der Waals surface area contributed by atoms with E-state index in [9.17, 15) is 4.79 Å².